The Morgan fingerprint density at radius 3 is 2.54 bits per heavy atom. The van der Waals surface area contributed by atoms with E-state index in [2.05, 4.69) is 4.90 Å². The summed E-state index contributed by atoms with van der Waals surface area (Å²) in [6, 6.07) is -0.433. The minimum absolute atomic E-state index is 0.0494. The number of hydrogen-bond donors (Lipinski definition) is 1. The average molecular weight is 338 g/mol. The minimum Gasteiger partial charge on any atom is -0.391 e. The van der Waals surface area contributed by atoms with Gasteiger partial charge in [0.2, 0.25) is 0 Å². The van der Waals surface area contributed by atoms with Crippen molar-refractivity contribution in [3.63, 3.8) is 0 Å². The van der Waals surface area contributed by atoms with Crippen molar-refractivity contribution >= 4 is 5.78 Å². The quantitative estimate of drug-likeness (QED) is 0.750. The lowest BCUT2D eigenvalue weighted by Gasteiger charge is -2.33. The number of carbonyl (C=O) groups excluding carboxylic acids is 1. The van der Waals surface area contributed by atoms with Crippen LogP contribution in [0.15, 0.2) is 24.8 Å². The molecule has 138 valence electrons. The van der Waals surface area contributed by atoms with Crippen LogP contribution in [0.5, 0.6) is 0 Å². The predicted molar refractivity (Wildman–Crippen MR) is 102 cm³/mol. The van der Waals surface area contributed by atoms with E-state index in [4.69, 9.17) is 2.74 Å². The number of allylic oxidation sites excluding steroid dienone is 3. The van der Waals surface area contributed by atoms with Crippen LogP contribution in [0.1, 0.15) is 73.9 Å². The first-order chi connectivity index (χ1) is 12.4. The van der Waals surface area contributed by atoms with E-state index < -0.39 is 12.1 Å². The number of ketones is 1. The molecular formula is C21H37NO2. The molecule has 1 rings (SSSR count). The molecule has 0 aromatic carbocycles. The van der Waals surface area contributed by atoms with Gasteiger partial charge in [-0.25, -0.2) is 0 Å². The topological polar surface area (TPSA) is 40.5 Å². The molecule has 3 atom stereocenters. The zero-order valence-corrected chi connectivity index (χ0v) is 15.5. The van der Waals surface area contributed by atoms with Crippen molar-refractivity contribution in [2.24, 2.45) is 5.92 Å². The van der Waals surface area contributed by atoms with Gasteiger partial charge in [-0.2, -0.15) is 0 Å². The average Bonchev–Trinajstić information content (AvgIpc) is 2.60. The van der Waals surface area contributed by atoms with E-state index in [1.54, 1.807) is 6.08 Å². The summed E-state index contributed by atoms with van der Waals surface area (Å²) in [5.74, 6) is 0.112. The van der Waals surface area contributed by atoms with Crippen LogP contribution in [-0.2, 0) is 4.79 Å². The monoisotopic (exact) mass is 337 g/mol. The number of aliphatic hydroxyl groups is 1. The number of aliphatic hydroxyl groups excluding tert-OH is 1. The van der Waals surface area contributed by atoms with Gasteiger partial charge in [0.25, 0.3) is 0 Å². The highest BCUT2D eigenvalue weighted by molar-refractivity contribution is 5.84. The summed E-state index contributed by atoms with van der Waals surface area (Å²) in [4.78, 5) is 14.9. The first kappa shape index (κ1) is 17.9. The van der Waals surface area contributed by atoms with E-state index in [0.29, 0.717) is 12.8 Å². The molecule has 0 radical (unpaired) electrons. The number of hydrogen-bond acceptors (Lipinski definition) is 3. The molecule has 0 aliphatic carbocycles. The number of Topliss-reactive ketones (excluding diaryl/α,β-unsaturated/α-hetero) is 1. The second kappa shape index (κ2) is 12.4. The summed E-state index contributed by atoms with van der Waals surface area (Å²) in [5.41, 5.74) is 0. The number of likely N-dealkylation sites (N-methyl/N-ethyl adjacent to an activating group) is 1. The molecule has 0 saturated carbocycles. The molecule has 24 heavy (non-hydrogen) atoms. The zero-order chi connectivity index (χ0) is 19.4. The largest absolute Gasteiger partial charge is 0.391 e. The Morgan fingerprint density at radius 1 is 1.25 bits per heavy atom. The van der Waals surface area contributed by atoms with Gasteiger partial charge in [0.05, 0.1) is 14.9 Å². The Balaban J connectivity index is 2.73. The van der Waals surface area contributed by atoms with Crippen LogP contribution in [0.25, 0.3) is 0 Å². The van der Waals surface area contributed by atoms with Crippen molar-refractivity contribution in [2.75, 3.05) is 13.6 Å². The number of carbonyl (C=O) groups is 1. The van der Waals surface area contributed by atoms with Crippen molar-refractivity contribution in [1.29, 1.82) is 0 Å². The van der Waals surface area contributed by atoms with E-state index >= 15 is 0 Å². The molecule has 1 heterocycles. The summed E-state index contributed by atoms with van der Waals surface area (Å²) in [7, 11) is 1.96. The molecular weight excluding hydrogens is 298 g/mol. The van der Waals surface area contributed by atoms with Gasteiger partial charge >= 0.3 is 0 Å². The fourth-order valence-corrected chi connectivity index (χ4v) is 3.52. The summed E-state index contributed by atoms with van der Waals surface area (Å²) >= 11 is 0. The van der Waals surface area contributed by atoms with E-state index in [9.17, 15) is 9.90 Å². The van der Waals surface area contributed by atoms with Crippen LogP contribution in [0.3, 0.4) is 0 Å². The van der Waals surface area contributed by atoms with Crippen LogP contribution in [-0.4, -0.2) is 41.5 Å². The minimum atomic E-state index is -0.697. The molecule has 1 N–H and O–H groups in total. The van der Waals surface area contributed by atoms with Crippen molar-refractivity contribution in [3.05, 3.63) is 24.8 Å². The molecule has 3 nitrogen and oxygen atoms in total. The summed E-state index contributed by atoms with van der Waals surface area (Å²) < 4.78 is 14.1. The van der Waals surface area contributed by atoms with Gasteiger partial charge in [0.15, 0.2) is 5.78 Å². The van der Waals surface area contributed by atoms with Crippen molar-refractivity contribution in [2.45, 2.75) is 83.3 Å². The Labute approximate surface area is 151 Å². The van der Waals surface area contributed by atoms with Crippen LogP contribution < -0.4 is 0 Å². The summed E-state index contributed by atoms with van der Waals surface area (Å²) in [6.45, 7) is 2.57. The molecule has 0 spiro atoms. The molecule has 0 amide bonds. The Morgan fingerprint density at radius 2 is 1.88 bits per heavy atom. The third-order valence-corrected chi connectivity index (χ3v) is 5.14. The molecule has 1 aliphatic heterocycles. The fraction of sp³-hybridized carbons (Fsp3) is 0.762. The molecule has 0 aromatic rings. The lowest BCUT2D eigenvalue weighted by atomic mass is 9.89. The van der Waals surface area contributed by atoms with Crippen LogP contribution in [0, 0.1) is 5.92 Å². The molecule has 1 aliphatic rings. The second-order valence-electron chi connectivity index (χ2n) is 7.27. The highest BCUT2D eigenvalue weighted by Gasteiger charge is 2.32. The Bertz CT molecular complexity index is 461. The van der Waals surface area contributed by atoms with E-state index in [1.165, 1.54) is 38.2 Å². The van der Waals surface area contributed by atoms with Gasteiger partial charge in [0, 0.05) is 6.42 Å². The van der Waals surface area contributed by atoms with Gasteiger partial charge in [0.1, 0.15) is 0 Å². The summed E-state index contributed by atoms with van der Waals surface area (Å²) in [6.07, 6.45) is 14.7. The van der Waals surface area contributed by atoms with E-state index in [-0.39, 0.29) is 18.2 Å². The normalized spacial score (nSPS) is 26.5. The lowest BCUT2D eigenvalue weighted by molar-refractivity contribution is -0.129. The van der Waals surface area contributed by atoms with Gasteiger partial charge < -0.3 is 5.11 Å². The number of rotatable bonds is 5. The first-order valence-corrected chi connectivity index (χ1v) is 9.64. The van der Waals surface area contributed by atoms with Crippen molar-refractivity contribution in [3.8, 4) is 0 Å². The Kier molecular flexibility index (Phi) is 9.26. The van der Waals surface area contributed by atoms with E-state index in [1.807, 2.05) is 20.0 Å². The lowest BCUT2D eigenvalue weighted by Crippen LogP contribution is -2.49. The smallest absolute Gasteiger partial charge is 0.152 e. The molecule has 0 bridgehead atoms. The molecule has 1 fully saturated rings. The van der Waals surface area contributed by atoms with E-state index in [0.717, 1.165) is 25.8 Å². The van der Waals surface area contributed by atoms with Crippen molar-refractivity contribution in [1.82, 2.24) is 4.90 Å². The molecule has 3 heteroatoms. The standard InChI is InChI=1S/C21H37NO2/c1-4-5-12-15-18(2)21(24)20-19(23)16-13-10-8-6-7-9-11-14-17-22(20)3/h4-5,12,18,20-21,24H,1,6-11,13-17H2,2-3H3/b12-5+/t18-,20-,21?/m1/s1/i1D2. The molecule has 0 aromatic heterocycles. The highest BCUT2D eigenvalue weighted by atomic mass is 16.3. The molecule has 1 unspecified atom stereocenters. The maximum Gasteiger partial charge on any atom is 0.152 e. The number of nitrogens with zero attached hydrogens (tertiary/aromatic N) is 1. The SMILES string of the molecule is [2H]C([2H])=C/C=C/C[C@@H](C)C(O)[C@H]1C(=O)CCCCCCCCCCN1C. The predicted octanol–water partition coefficient (Wildman–Crippen LogP) is 4.51. The Hall–Kier alpha value is -0.930. The third kappa shape index (κ3) is 7.76. The first-order valence-electron chi connectivity index (χ1n) is 10.6. The van der Waals surface area contributed by atoms with Crippen LogP contribution in [0.4, 0.5) is 0 Å². The third-order valence-electron chi connectivity index (χ3n) is 5.14. The fourth-order valence-electron chi connectivity index (χ4n) is 3.52. The van der Waals surface area contributed by atoms with Crippen molar-refractivity contribution < 1.29 is 12.6 Å². The van der Waals surface area contributed by atoms with Gasteiger partial charge in [-0.3, -0.25) is 9.69 Å². The van der Waals surface area contributed by atoms with Gasteiger partial charge in [-0.1, -0.05) is 70.2 Å². The van der Waals surface area contributed by atoms with Crippen LogP contribution in [0.2, 0.25) is 0 Å². The molecule has 1 saturated heterocycles. The highest BCUT2D eigenvalue weighted by Crippen LogP contribution is 2.21. The maximum absolute atomic E-state index is 12.8. The van der Waals surface area contributed by atoms with Crippen LogP contribution >= 0.6 is 0 Å². The van der Waals surface area contributed by atoms with Gasteiger partial charge in [-0.15, -0.1) is 0 Å². The second-order valence-corrected chi connectivity index (χ2v) is 7.27. The maximum atomic E-state index is 12.8. The van der Waals surface area contributed by atoms with Gasteiger partial charge in [-0.05, 0) is 38.8 Å². The summed E-state index contributed by atoms with van der Waals surface area (Å²) in [5, 5.41) is 10.9. The zero-order valence-electron chi connectivity index (χ0n) is 17.5.